The number of hydrogen-bond acceptors (Lipinski definition) is 7. The van der Waals surface area contributed by atoms with Crippen molar-refractivity contribution in [1.82, 2.24) is 25.1 Å². The zero-order chi connectivity index (χ0) is 18.1. The fourth-order valence-electron chi connectivity index (χ4n) is 2.33. The van der Waals surface area contributed by atoms with E-state index in [4.69, 9.17) is 16.6 Å². The maximum atomic E-state index is 12.0. The minimum atomic E-state index is -0.417. The van der Waals surface area contributed by atoms with Crippen molar-refractivity contribution < 1.29 is 9.21 Å². The summed E-state index contributed by atoms with van der Waals surface area (Å²) in [6.07, 6.45) is 1.43. The maximum absolute atomic E-state index is 12.0. The zero-order valence-corrected chi connectivity index (χ0v) is 15.1. The number of carbonyl (C=O) groups is 1. The molecular weight excluding hydrogens is 372 g/mol. The lowest BCUT2D eigenvalue weighted by atomic mass is 10.2. The largest absolute Gasteiger partial charge is 0.459 e. The minimum Gasteiger partial charge on any atom is -0.459 e. The Balaban J connectivity index is 1.57. The van der Waals surface area contributed by atoms with E-state index in [1.165, 1.54) is 17.6 Å². The summed E-state index contributed by atoms with van der Waals surface area (Å²) in [6.45, 7) is 1.84. The highest BCUT2D eigenvalue weighted by molar-refractivity contribution is 7.80. The van der Waals surface area contributed by atoms with Crippen LogP contribution in [0.5, 0.6) is 0 Å². The fourth-order valence-corrected chi connectivity index (χ4v) is 3.46. The van der Waals surface area contributed by atoms with Gasteiger partial charge in [-0.3, -0.25) is 10.1 Å². The number of benzene rings is 1. The summed E-state index contributed by atoms with van der Waals surface area (Å²) >= 11 is 6.65. The molecule has 2 N–H and O–H groups in total. The predicted molar refractivity (Wildman–Crippen MR) is 101 cm³/mol. The summed E-state index contributed by atoms with van der Waals surface area (Å²) in [6, 6.07) is 10.7. The van der Waals surface area contributed by atoms with E-state index in [1.54, 1.807) is 16.6 Å². The Labute approximate surface area is 156 Å². The first-order valence-corrected chi connectivity index (χ1v) is 8.78. The SMILES string of the molecule is Cc1nnc2sc(-c3ccccc3NC(=S)NC(=O)c3ccco3)nn12. The van der Waals surface area contributed by atoms with Gasteiger partial charge in [0.25, 0.3) is 5.91 Å². The summed E-state index contributed by atoms with van der Waals surface area (Å²) < 4.78 is 6.74. The number of aryl methyl sites for hydroxylation is 1. The van der Waals surface area contributed by atoms with Gasteiger partial charge in [0.15, 0.2) is 16.7 Å². The van der Waals surface area contributed by atoms with Crippen LogP contribution >= 0.6 is 23.6 Å². The number of furan rings is 1. The van der Waals surface area contributed by atoms with Crippen LogP contribution in [-0.2, 0) is 0 Å². The minimum absolute atomic E-state index is 0.165. The maximum Gasteiger partial charge on any atom is 0.293 e. The molecule has 0 bridgehead atoms. The number of nitrogens with zero attached hydrogens (tertiary/aromatic N) is 4. The molecule has 4 rings (SSSR count). The molecule has 3 aromatic heterocycles. The Kier molecular flexibility index (Phi) is 4.19. The van der Waals surface area contributed by atoms with E-state index in [0.717, 1.165) is 16.3 Å². The highest BCUT2D eigenvalue weighted by Gasteiger charge is 2.15. The molecule has 0 saturated carbocycles. The van der Waals surface area contributed by atoms with E-state index in [9.17, 15) is 4.79 Å². The number of carbonyl (C=O) groups excluding carboxylic acids is 1. The molecule has 0 saturated heterocycles. The Hall–Kier alpha value is -3.11. The molecule has 10 heteroatoms. The molecule has 0 spiro atoms. The molecule has 4 aromatic rings. The van der Waals surface area contributed by atoms with Gasteiger partial charge in [-0.25, -0.2) is 0 Å². The van der Waals surface area contributed by atoms with Crippen molar-refractivity contribution in [3.05, 3.63) is 54.2 Å². The Morgan fingerprint density at radius 3 is 2.85 bits per heavy atom. The number of thiocarbonyl (C=S) groups is 1. The summed E-state index contributed by atoms with van der Waals surface area (Å²) in [4.78, 5) is 12.7. The van der Waals surface area contributed by atoms with Crippen LogP contribution in [-0.4, -0.2) is 30.8 Å². The van der Waals surface area contributed by atoms with Gasteiger partial charge in [-0.15, -0.1) is 10.2 Å². The van der Waals surface area contributed by atoms with Crippen LogP contribution in [0.1, 0.15) is 16.4 Å². The number of para-hydroxylation sites is 1. The van der Waals surface area contributed by atoms with E-state index >= 15 is 0 Å². The third kappa shape index (κ3) is 3.07. The molecule has 8 nitrogen and oxygen atoms in total. The van der Waals surface area contributed by atoms with Crippen LogP contribution < -0.4 is 10.6 Å². The smallest absolute Gasteiger partial charge is 0.293 e. The average Bonchev–Trinajstić information content (AvgIpc) is 3.34. The first kappa shape index (κ1) is 16.4. The zero-order valence-electron chi connectivity index (χ0n) is 13.5. The molecule has 26 heavy (non-hydrogen) atoms. The summed E-state index contributed by atoms with van der Waals surface area (Å²) in [5.41, 5.74) is 1.57. The van der Waals surface area contributed by atoms with E-state index in [0.29, 0.717) is 10.8 Å². The van der Waals surface area contributed by atoms with Gasteiger partial charge in [-0.1, -0.05) is 23.5 Å². The van der Waals surface area contributed by atoms with Crippen molar-refractivity contribution in [3.8, 4) is 10.6 Å². The highest BCUT2D eigenvalue weighted by Crippen LogP contribution is 2.31. The van der Waals surface area contributed by atoms with Crippen molar-refractivity contribution >= 4 is 45.2 Å². The monoisotopic (exact) mass is 384 g/mol. The number of amides is 1. The quantitative estimate of drug-likeness (QED) is 0.524. The molecule has 0 atom stereocenters. The molecule has 0 aliphatic heterocycles. The molecule has 0 aliphatic rings. The Bertz CT molecular complexity index is 1100. The summed E-state index contributed by atoms with van der Waals surface area (Å²) in [7, 11) is 0. The van der Waals surface area contributed by atoms with Gasteiger partial charge in [-0.05, 0) is 43.4 Å². The standard InChI is InChI=1S/C16H12N6O2S2/c1-9-19-20-16-22(9)21-14(26-16)10-5-2-3-6-11(10)17-15(25)18-13(23)12-7-4-8-24-12/h2-8H,1H3,(H2,17,18,23,25). The number of nitrogens with one attached hydrogen (secondary N) is 2. The van der Waals surface area contributed by atoms with Crippen molar-refractivity contribution in [1.29, 1.82) is 0 Å². The number of fused-ring (bicyclic) bond motifs is 1. The van der Waals surface area contributed by atoms with Crippen molar-refractivity contribution in [2.45, 2.75) is 6.92 Å². The molecular formula is C16H12N6O2S2. The molecule has 0 unspecified atom stereocenters. The second-order valence-corrected chi connectivity index (χ2v) is 6.64. The van der Waals surface area contributed by atoms with Gasteiger partial charge in [0.2, 0.25) is 4.96 Å². The topological polar surface area (TPSA) is 97.3 Å². The van der Waals surface area contributed by atoms with Gasteiger partial charge >= 0.3 is 0 Å². The second-order valence-electron chi connectivity index (χ2n) is 5.28. The van der Waals surface area contributed by atoms with E-state index in [2.05, 4.69) is 25.9 Å². The molecule has 0 aliphatic carbocycles. The molecule has 3 heterocycles. The van der Waals surface area contributed by atoms with E-state index in [1.807, 2.05) is 31.2 Å². The van der Waals surface area contributed by atoms with Gasteiger partial charge in [0, 0.05) is 5.56 Å². The van der Waals surface area contributed by atoms with Crippen LogP contribution in [0.4, 0.5) is 5.69 Å². The highest BCUT2D eigenvalue weighted by atomic mass is 32.1. The Morgan fingerprint density at radius 1 is 1.23 bits per heavy atom. The lowest BCUT2D eigenvalue weighted by Crippen LogP contribution is -2.34. The first-order chi connectivity index (χ1) is 12.6. The summed E-state index contributed by atoms with van der Waals surface area (Å²) in [5, 5.41) is 19.1. The number of anilines is 1. The fraction of sp³-hybridized carbons (Fsp3) is 0.0625. The van der Waals surface area contributed by atoms with Crippen molar-refractivity contribution in [3.63, 3.8) is 0 Å². The third-order valence-electron chi connectivity index (χ3n) is 3.52. The van der Waals surface area contributed by atoms with Crippen molar-refractivity contribution in [2.24, 2.45) is 0 Å². The van der Waals surface area contributed by atoms with E-state index in [-0.39, 0.29) is 10.9 Å². The lowest BCUT2D eigenvalue weighted by Gasteiger charge is -2.11. The van der Waals surface area contributed by atoms with Crippen LogP contribution in [0, 0.1) is 6.92 Å². The predicted octanol–water partition coefficient (Wildman–Crippen LogP) is 2.88. The average molecular weight is 384 g/mol. The second kappa shape index (κ2) is 6.65. The van der Waals surface area contributed by atoms with Gasteiger partial charge < -0.3 is 9.73 Å². The molecule has 0 radical (unpaired) electrons. The van der Waals surface area contributed by atoms with Crippen LogP contribution in [0.15, 0.2) is 47.1 Å². The number of aromatic nitrogens is 4. The van der Waals surface area contributed by atoms with E-state index < -0.39 is 5.91 Å². The third-order valence-corrected chi connectivity index (χ3v) is 4.66. The van der Waals surface area contributed by atoms with Gasteiger partial charge in [0.05, 0.1) is 12.0 Å². The van der Waals surface area contributed by atoms with Crippen molar-refractivity contribution in [2.75, 3.05) is 5.32 Å². The van der Waals surface area contributed by atoms with Gasteiger partial charge in [0.1, 0.15) is 5.01 Å². The normalized spacial score (nSPS) is 10.8. The first-order valence-electron chi connectivity index (χ1n) is 7.56. The molecule has 0 fully saturated rings. The lowest BCUT2D eigenvalue weighted by molar-refractivity contribution is 0.0950. The molecule has 1 aromatic carbocycles. The Morgan fingerprint density at radius 2 is 2.08 bits per heavy atom. The van der Waals surface area contributed by atoms with Gasteiger partial charge in [-0.2, -0.15) is 9.61 Å². The van der Waals surface area contributed by atoms with Crippen LogP contribution in [0.2, 0.25) is 0 Å². The molecule has 1 amide bonds. The number of rotatable bonds is 3. The van der Waals surface area contributed by atoms with Crippen LogP contribution in [0.3, 0.4) is 0 Å². The molecule has 130 valence electrons. The number of hydrogen-bond donors (Lipinski definition) is 2. The summed E-state index contributed by atoms with van der Waals surface area (Å²) in [5.74, 6) is 0.486. The van der Waals surface area contributed by atoms with Crippen LogP contribution in [0.25, 0.3) is 15.5 Å².